The zero-order valence-corrected chi connectivity index (χ0v) is 15.0. The van der Waals surface area contributed by atoms with Gasteiger partial charge >= 0.3 is 11.9 Å². The van der Waals surface area contributed by atoms with Crippen LogP contribution in [0.5, 0.6) is 0 Å². The van der Waals surface area contributed by atoms with Crippen molar-refractivity contribution in [3.8, 4) is 0 Å². The molecular weight excluding hydrogens is 304 g/mol. The second-order valence-corrected chi connectivity index (χ2v) is 7.18. The van der Waals surface area contributed by atoms with Crippen molar-refractivity contribution in [2.24, 2.45) is 17.3 Å². The van der Waals surface area contributed by atoms with E-state index >= 15 is 0 Å². The van der Waals surface area contributed by atoms with Gasteiger partial charge in [-0.05, 0) is 39.2 Å². The van der Waals surface area contributed by atoms with Crippen molar-refractivity contribution in [3.05, 3.63) is 42.0 Å². The number of ether oxygens (including phenoxy) is 2. The van der Waals surface area contributed by atoms with E-state index in [2.05, 4.69) is 0 Å². The van der Waals surface area contributed by atoms with Crippen LogP contribution >= 0.6 is 0 Å². The quantitative estimate of drug-likeness (QED) is 0.608. The molecule has 4 nitrogen and oxygen atoms in total. The predicted octanol–water partition coefficient (Wildman–Crippen LogP) is 3.86. The molecule has 0 bridgehead atoms. The summed E-state index contributed by atoms with van der Waals surface area (Å²) in [4.78, 5) is 25.3. The first-order valence-corrected chi connectivity index (χ1v) is 8.37. The van der Waals surface area contributed by atoms with E-state index in [1.807, 2.05) is 49.4 Å². The Morgan fingerprint density at radius 3 is 2.33 bits per heavy atom. The van der Waals surface area contributed by atoms with Crippen LogP contribution < -0.4 is 0 Å². The lowest BCUT2D eigenvalue weighted by atomic mass is 10.0. The average Bonchev–Trinajstić information content (AvgIpc) is 3.10. The van der Waals surface area contributed by atoms with Gasteiger partial charge in [-0.2, -0.15) is 0 Å². The fourth-order valence-electron chi connectivity index (χ4n) is 3.03. The molecule has 0 heterocycles. The molecule has 4 heteroatoms. The summed E-state index contributed by atoms with van der Waals surface area (Å²) in [6, 6.07) is 9.79. The number of carbonyl (C=O) groups excluding carboxylic acids is 2. The highest BCUT2D eigenvalue weighted by molar-refractivity contribution is 6.05. The molecule has 0 aliphatic heterocycles. The largest absolute Gasteiger partial charge is 0.465 e. The summed E-state index contributed by atoms with van der Waals surface area (Å²) < 4.78 is 10.7. The van der Waals surface area contributed by atoms with Crippen LogP contribution in [-0.2, 0) is 19.1 Å². The zero-order valence-electron chi connectivity index (χ0n) is 15.0. The van der Waals surface area contributed by atoms with Crippen molar-refractivity contribution in [1.82, 2.24) is 0 Å². The summed E-state index contributed by atoms with van der Waals surface area (Å²) in [7, 11) is 0. The van der Waals surface area contributed by atoms with Gasteiger partial charge in [0.05, 0.1) is 6.61 Å². The van der Waals surface area contributed by atoms with Crippen LogP contribution in [0.4, 0.5) is 0 Å². The van der Waals surface area contributed by atoms with Gasteiger partial charge in [0.25, 0.3) is 0 Å². The van der Waals surface area contributed by atoms with Crippen LogP contribution in [0, 0.1) is 17.3 Å². The number of allylic oxidation sites excluding steroid dienone is 1. The number of hydrogen-bond acceptors (Lipinski definition) is 4. The van der Waals surface area contributed by atoms with Crippen LogP contribution in [-0.4, -0.2) is 24.1 Å². The average molecular weight is 330 g/mol. The summed E-state index contributed by atoms with van der Waals surface area (Å²) in [6.07, 6.45) is 3.85. The Bertz CT molecular complexity index is 627. The molecule has 1 aromatic carbocycles. The summed E-state index contributed by atoms with van der Waals surface area (Å²) in [5.74, 6) is -1.35. The van der Waals surface area contributed by atoms with E-state index in [1.165, 1.54) is 0 Å². The topological polar surface area (TPSA) is 52.6 Å². The highest BCUT2D eigenvalue weighted by Crippen LogP contribution is 2.61. The van der Waals surface area contributed by atoms with Crippen molar-refractivity contribution >= 4 is 18.0 Å². The Morgan fingerprint density at radius 2 is 1.79 bits per heavy atom. The number of rotatable bonds is 5. The standard InChI is InChI=1S/C20H26O4/c1-6-23-17(21)20(18(22)24-19(3,4)5)14(2)16(20)13-12-15-10-8-7-9-11-15/h7-14,16H,6H2,1-5H3/b13-12+/t14-,16-,20-/m1/s1. The number of hydrogen-bond donors (Lipinski definition) is 0. The SMILES string of the molecule is CCOC(=O)[C@@]1(C(=O)OC(C)(C)C)[C@H](C)[C@H]1/C=C/c1ccccc1. The summed E-state index contributed by atoms with van der Waals surface area (Å²) >= 11 is 0. The van der Waals surface area contributed by atoms with E-state index in [0.717, 1.165) is 5.56 Å². The lowest BCUT2D eigenvalue weighted by molar-refractivity contribution is -0.172. The molecule has 2 rings (SSSR count). The minimum atomic E-state index is -1.23. The minimum absolute atomic E-state index is 0.147. The van der Waals surface area contributed by atoms with Gasteiger partial charge < -0.3 is 9.47 Å². The maximum atomic E-state index is 12.7. The van der Waals surface area contributed by atoms with Gasteiger partial charge in [0.2, 0.25) is 0 Å². The highest BCUT2D eigenvalue weighted by atomic mass is 16.6. The highest BCUT2D eigenvalue weighted by Gasteiger charge is 2.73. The Morgan fingerprint density at radius 1 is 1.17 bits per heavy atom. The van der Waals surface area contributed by atoms with Gasteiger partial charge in [-0.3, -0.25) is 9.59 Å². The molecule has 1 aromatic rings. The van der Waals surface area contributed by atoms with Gasteiger partial charge in [0.1, 0.15) is 5.60 Å². The van der Waals surface area contributed by atoms with Gasteiger partial charge in [-0.25, -0.2) is 0 Å². The third kappa shape index (κ3) is 3.53. The second kappa shape index (κ2) is 6.80. The van der Waals surface area contributed by atoms with Crippen molar-refractivity contribution in [2.75, 3.05) is 6.61 Å². The molecule has 1 saturated carbocycles. The number of esters is 2. The maximum Gasteiger partial charge on any atom is 0.324 e. The Hall–Kier alpha value is -2.10. The lowest BCUT2D eigenvalue weighted by Gasteiger charge is -2.23. The first-order chi connectivity index (χ1) is 11.2. The molecule has 1 fully saturated rings. The van der Waals surface area contributed by atoms with E-state index in [-0.39, 0.29) is 18.4 Å². The zero-order chi connectivity index (χ0) is 18.0. The summed E-state index contributed by atoms with van der Waals surface area (Å²) in [5.41, 5.74) is -0.847. The minimum Gasteiger partial charge on any atom is -0.465 e. The fourth-order valence-corrected chi connectivity index (χ4v) is 3.03. The van der Waals surface area contributed by atoms with Crippen LogP contribution in [0.3, 0.4) is 0 Å². The third-order valence-electron chi connectivity index (χ3n) is 4.32. The van der Waals surface area contributed by atoms with E-state index in [1.54, 1.807) is 27.7 Å². The van der Waals surface area contributed by atoms with Crippen molar-refractivity contribution in [3.63, 3.8) is 0 Å². The first-order valence-electron chi connectivity index (χ1n) is 8.37. The van der Waals surface area contributed by atoms with Crippen molar-refractivity contribution < 1.29 is 19.1 Å². The molecular formula is C20H26O4. The van der Waals surface area contributed by atoms with Crippen LogP contribution in [0.15, 0.2) is 36.4 Å². The molecule has 0 N–H and O–H groups in total. The Labute approximate surface area is 143 Å². The number of carbonyl (C=O) groups is 2. The maximum absolute atomic E-state index is 12.7. The molecule has 24 heavy (non-hydrogen) atoms. The molecule has 1 aliphatic carbocycles. The molecule has 1 aliphatic rings. The van der Waals surface area contributed by atoms with Gasteiger partial charge in [0, 0.05) is 5.92 Å². The molecule has 0 aromatic heterocycles. The Kier molecular flexibility index (Phi) is 5.16. The lowest BCUT2D eigenvalue weighted by Crippen LogP contribution is -2.37. The molecule has 0 saturated heterocycles. The second-order valence-electron chi connectivity index (χ2n) is 7.18. The van der Waals surface area contributed by atoms with E-state index in [9.17, 15) is 9.59 Å². The monoisotopic (exact) mass is 330 g/mol. The molecule has 130 valence electrons. The smallest absolute Gasteiger partial charge is 0.324 e. The van der Waals surface area contributed by atoms with Crippen LogP contribution in [0.25, 0.3) is 6.08 Å². The molecule has 3 atom stereocenters. The van der Waals surface area contributed by atoms with Gasteiger partial charge in [-0.1, -0.05) is 49.4 Å². The first kappa shape index (κ1) is 18.2. The summed E-state index contributed by atoms with van der Waals surface area (Å²) in [5, 5.41) is 0. The fraction of sp³-hybridized carbons (Fsp3) is 0.500. The van der Waals surface area contributed by atoms with Gasteiger partial charge in [0.15, 0.2) is 5.41 Å². The van der Waals surface area contributed by atoms with Crippen molar-refractivity contribution in [1.29, 1.82) is 0 Å². The molecule has 0 radical (unpaired) electrons. The normalized spacial score (nSPS) is 26.2. The molecule has 0 spiro atoms. The number of benzene rings is 1. The van der Waals surface area contributed by atoms with Crippen LogP contribution in [0.2, 0.25) is 0 Å². The van der Waals surface area contributed by atoms with Crippen molar-refractivity contribution in [2.45, 2.75) is 40.2 Å². The molecule has 0 amide bonds. The van der Waals surface area contributed by atoms with E-state index < -0.39 is 23.0 Å². The third-order valence-corrected chi connectivity index (χ3v) is 4.32. The molecule has 0 unspecified atom stereocenters. The van der Waals surface area contributed by atoms with Crippen LogP contribution in [0.1, 0.15) is 40.2 Å². The van der Waals surface area contributed by atoms with Gasteiger partial charge in [-0.15, -0.1) is 0 Å². The van der Waals surface area contributed by atoms with E-state index in [4.69, 9.17) is 9.47 Å². The summed E-state index contributed by atoms with van der Waals surface area (Å²) in [6.45, 7) is 9.26. The predicted molar refractivity (Wildman–Crippen MR) is 93.0 cm³/mol. The Balaban J connectivity index is 2.26. The van der Waals surface area contributed by atoms with E-state index in [0.29, 0.717) is 0 Å².